The Balaban J connectivity index is 0.000000288. The van der Waals surface area contributed by atoms with Crippen molar-refractivity contribution in [2.24, 2.45) is 11.8 Å². The molecule has 0 aromatic rings. The van der Waals surface area contributed by atoms with E-state index in [4.69, 9.17) is 23.1 Å². The second kappa shape index (κ2) is 24.0. The lowest BCUT2D eigenvalue weighted by atomic mass is 9.93. The molecule has 340 valence electrons. The molecule has 5 rings (SSSR count). The van der Waals surface area contributed by atoms with Gasteiger partial charge in [-0.05, 0) is 118 Å². The van der Waals surface area contributed by atoms with Gasteiger partial charge in [0.05, 0.1) is 39.0 Å². The monoisotopic (exact) mass is 859 g/mol. The van der Waals surface area contributed by atoms with Crippen molar-refractivity contribution in [2.75, 3.05) is 111 Å². The molecule has 0 aromatic carbocycles. The first-order valence-corrected chi connectivity index (χ1v) is 23.9. The standard InChI is InChI=1S/C26H46N4O6.C15H28N2O5S/c1-5-34-24(31)17-23(25(32)35-6-2)29-15-13-27(14-16-29)18-22-19-30(26(33)36-22)12-9-21-7-10-28(11-8-21)20(3)4;1-12(2)16-7-4-13(5-8-16)6-9-17-10-14(22-15(17)18)11-21-23(3,19)20/h20-23H,5-19H2,1-4H3;12-14H,4-11H2,1-3H3. The summed E-state index contributed by atoms with van der Waals surface area (Å²) < 4.78 is 47.7. The quantitative estimate of drug-likeness (QED) is 0.106. The molecule has 5 aliphatic rings. The van der Waals surface area contributed by atoms with E-state index in [0.29, 0.717) is 63.2 Å². The summed E-state index contributed by atoms with van der Waals surface area (Å²) in [6, 6.07) is 0.578. The molecule has 17 nitrogen and oxygen atoms in total. The second-order valence-corrected chi connectivity index (χ2v) is 18.9. The molecule has 3 atom stereocenters. The molecule has 18 heteroatoms. The lowest BCUT2D eigenvalue weighted by Gasteiger charge is -2.38. The van der Waals surface area contributed by atoms with Crippen molar-refractivity contribution in [1.29, 1.82) is 0 Å². The third-order valence-corrected chi connectivity index (χ3v) is 12.8. The van der Waals surface area contributed by atoms with Gasteiger partial charge in [0.2, 0.25) is 0 Å². The van der Waals surface area contributed by atoms with Gasteiger partial charge in [0.1, 0.15) is 24.9 Å². The van der Waals surface area contributed by atoms with Crippen LogP contribution in [0.3, 0.4) is 0 Å². The molecule has 0 N–H and O–H groups in total. The molecule has 0 aromatic heterocycles. The van der Waals surface area contributed by atoms with E-state index in [0.717, 1.165) is 64.9 Å². The average molecular weight is 859 g/mol. The van der Waals surface area contributed by atoms with Crippen molar-refractivity contribution < 1.29 is 50.7 Å². The minimum Gasteiger partial charge on any atom is -0.466 e. The van der Waals surface area contributed by atoms with Crippen LogP contribution in [0.15, 0.2) is 0 Å². The van der Waals surface area contributed by atoms with Crippen LogP contribution in [-0.4, -0.2) is 203 Å². The number of hydrogen-bond acceptors (Lipinski definition) is 15. The predicted octanol–water partition coefficient (Wildman–Crippen LogP) is 3.11. The topological polar surface area (TPSA) is 168 Å². The molecule has 5 saturated heterocycles. The highest BCUT2D eigenvalue weighted by atomic mass is 32.2. The number of nitrogens with zero attached hydrogens (tertiary/aromatic N) is 6. The lowest BCUT2D eigenvalue weighted by Crippen LogP contribution is -2.54. The third-order valence-electron chi connectivity index (χ3n) is 12.3. The van der Waals surface area contributed by atoms with Crippen molar-refractivity contribution in [1.82, 2.24) is 29.4 Å². The summed E-state index contributed by atoms with van der Waals surface area (Å²) in [5.74, 6) is 0.557. The number of rotatable bonds is 19. The van der Waals surface area contributed by atoms with E-state index in [1.807, 2.05) is 9.80 Å². The van der Waals surface area contributed by atoms with E-state index >= 15 is 0 Å². The van der Waals surface area contributed by atoms with Gasteiger partial charge in [0.15, 0.2) is 0 Å². The van der Waals surface area contributed by atoms with Crippen molar-refractivity contribution in [3.63, 3.8) is 0 Å². The van der Waals surface area contributed by atoms with Gasteiger partial charge in [-0.25, -0.2) is 9.59 Å². The highest BCUT2D eigenvalue weighted by molar-refractivity contribution is 7.85. The van der Waals surface area contributed by atoms with Crippen LogP contribution in [0.2, 0.25) is 0 Å². The number of esters is 2. The highest BCUT2D eigenvalue weighted by Gasteiger charge is 2.37. The summed E-state index contributed by atoms with van der Waals surface area (Å²) in [4.78, 5) is 61.6. The second-order valence-electron chi connectivity index (χ2n) is 17.2. The number of piperidine rings is 2. The predicted molar refractivity (Wildman–Crippen MR) is 222 cm³/mol. The summed E-state index contributed by atoms with van der Waals surface area (Å²) in [7, 11) is -3.50. The van der Waals surface area contributed by atoms with Gasteiger partial charge in [-0.1, -0.05) is 0 Å². The van der Waals surface area contributed by atoms with Crippen LogP contribution in [0.25, 0.3) is 0 Å². The first-order chi connectivity index (χ1) is 28.0. The molecule has 0 bridgehead atoms. The molecule has 0 radical (unpaired) electrons. The fraction of sp³-hybridized carbons (Fsp3) is 0.902. The van der Waals surface area contributed by atoms with Crippen molar-refractivity contribution in [2.45, 2.75) is 117 Å². The Morgan fingerprint density at radius 2 is 1.17 bits per heavy atom. The van der Waals surface area contributed by atoms with E-state index in [1.54, 1.807) is 18.7 Å². The van der Waals surface area contributed by atoms with Gasteiger partial charge in [0, 0.05) is 57.9 Å². The Bertz CT molecular complexity index is 1430. The van der Waals surface area contributed by atoms with Gasteiger partial charge >= 0.3 is 24.1 Å². The summed E-state index contributed by atoms with van der Waals surface area (Å²) in [6.07, 6.45) is 6.56. The summed E-state index contributed by atoms with van der Waals surface area (Å²) in [6.45, 7) is 23.4. The SMILES string of the molecule is CC(C)N1CCC(CCN2CC(COS(C)(=O)=O)OC2=O)CC1.CCOC(=O)CC(C(=O)OCC)N1CCN(CC2CN(CCC3CCN(C(C)C)CC3)C(=O)O2)CC1. The largest absolute Gasteiger partial charge is 0.466 e. The van der Waals surface area contributed by atoms with Crippen molar-refractivity contribution in [3.05, 3.63) is 0 Å². The molecule has 5 heterocycles. The van der Waals surface area contributed by atoms with E-state index in [1.165, 1.54) is 25.7 Å². The van der Waals surface area contributed by atoms with E-state index < -0.39 is 22.3 Å². The average Bonchev–Trinajstić information content (AvgIpc) is 3.74. The van der Waals surface area contributed by atoms with Crippen LogP contribution in [-0.2, 0) is 42.8 Å². The number of piperazine rings is 1. The number of cyclic esters (lactones) is 2. The molecule has 0 aliphatic carbocycles. The Kier molecular flexibility index (Phi) is 19.9. The first kappa shape index (κ1) is 48.9. The highest BCUT2D eigenvalue weighted by Crippen LogP contribution is 2.25. The van der Waals surface area contributed by atoms with Crippen molar-refractivity contribution >= 4 is 34.2 Å². The smallest absolute Gasteiger partial charge is 0.410 e. The van der Waals surface area contributed by atoms with E-state index in [-0.39, 0.29) is 56.5 Å². The van der Waals surface area contributed by atoms with Gasteiger partial charge in [-0.15, -0.1) is 0 Å². The Labute approximate surface area is 353 Å². The Morgan fingerprint density at radius 3 is 1.63 bits per heavy atom. The minimum absolute atomic E-state index is 0.00162. The van der Waals surface area contributed by atoms with E-state index in [9.17, 15) is 27.6 Å². The maximum absolute atomic E-state index is 12.5. The number of likely N-dealkylation sites (tertiary alicyclic amines) is 2. The van der Waals surface area contributed by atoms with Gasteiger partial charge in [-0.2, -0.15) is 8.42 Å². The van der Waals surface area contributed by atoms with E-state index in [2.05, 4.69) is 42.4 Å². The molecule has 3 unspecified atom stereocenters. The van der Waals surface area contributed by atoms with Gasteiger partial charge in [0.25, 0.3) is 10.1 Å². The molecule has 0 spiro atoms. The van der Waals surface area contributed by atoms with Crippen LogP contribution in [0.1, 0.15) is 86.5 Å². The number of carbonyl (C=O) groups is 4. The van der Waals surface area contributed by atoms with Crippen LogP contribution < -0.4 is 0 Å². The third kappa shape index (κ3) is 16.6. The van der Waals surface area contributed by atoms with Crippen molar-refractivity contribution in [3.8, 4) is 0 Å². The summed E-state index contributed by atoms with van der Waals surface area (Å²) in [5.41, 5.74) is 0. The number of ether oxygens (including phenoxy) is 4. The number of hydrogen-bond donors (Lipinski definition) is 0. The summed E-state index contributed by atoms with van der Waals surface area (Å²) >= 11 is 0. The fourth-order valence-electron chi connectivity index (χ4n) is 8.61. The van der Waals surface area contributed by atoms with Crippen LogP contribution in [0.4, 0.5) is 9.59 Å². The Hall–Kier alpha value is -2.77. The molecule has 5 fully saturated rings. The molecular formula is C41H74N6O11S. The normalized spacial score (nSPS) is 23.9. The lowest BCUT2D eigenvalue weighted by molar-refractivity contribution is -0.157. The first-order valence-electron chi connectivity index (χ1n) is 22.1. The molecule has 59 heavy (non-hydrogen) atoms. The number of amides is 2. The van der Waals surface area contributed by atoms with Crippen LogP contribution >= 0.6 is 0 Å². The summed E-state index contributed by atoms with van der Waals surface area (Å²) in [5, 5.41) is 0. The van der Waals surface area contributed by atoms with Crippen LogP contribution in [0.5, 0.6) is 0 Å². The number of carbonyl (C=O) groups excluding carboxylic acids is 4. The maximum Gasteiger partial charge on any atom is 0.410 e. The molecule has 0 saturated carbocycles. The van der Waals surface area contributed by atoms with Gasteiger partial charge < -0.3 is 38.5 Å². The minimum atomic E-state index is -3.50. The molecule has 2 amide bonds. The maximum atomic E-state index is 12.5. The molecular weight excluding hydrogens is 785 g/mol. The Morgan fingerprint density at radius 1 is 0.695 bits per heavy atom. The zero-order valence-electron chi connectivity index (χ0n) is 36.9. The molecule has 5 aliphatic heterocycles. The fourth-order valence-corrected chi connectivity index (χ4v) is 9.01. The zero-order chi connectivity index (χ0) is 43.1. The van der Waals surface area contributed by atoms with Gasteiger partial charge in [-0.3, -0.25) is 23.6 Å². The van der Waals surface area contributed by atoms with Crippen LogP contribution in [0, 0.1) is 11.8 Å². The zero-order valence-corrected chi connectivity index (χ0v) is 37.7.